The van der Waals surface area contributed by atoms with Crippen molar-refractivity contribution in [3.63, 3.8) is 0 Å². The minimum atomic E-state index is -0.304. The molecular weight excluding hydrogens is 444 g/mol. The van der Waals surface area contributed by atoms with E-state index in [4.69, 9.17) is 16.1 Å². The molecule has 3 aromatic rings. The predicted molar refractivity (Wildman–Crippen MR) is 133 cm³/mol. The number of anilines is 2. The Balaban J connectivity index is 0.000000320. The van der Waals surface area contributed by atoms with Gasteiger partial charge in [0.25, 0.3) is 5.91 Å². The van der Waals surface area contributed by atoms with Crippen LogP contribution in [0.5, 0.6) is 0 Å². The Morgan fingerprint density at radius 2 is 1.94 bits per heavy atom. The summed E-state index contributed by atoms with van der Waals surface area (Å²) in [6.45, 7) is 3.78. The van der Waals surface area contributed by atoms with Crippen molar-refractivity contribution >= 4 is 23.3 Å². The molecule has 0 saturated heterocycles. The number of hydrogen-bond acceptors (Lipinski definition) is 7. The fraction of sp³-hybridized carbons (Fsp3) is 0.269. The second-order valence-electron chi connectivity index (χ2n) is 8.12. The number of aromatic nitrogens is 2. The first-order valence-corrected chi connectivity index (χ1v) is 11.2. The molecule has 2 amide bonds. The number of aryl methyl sites for hydroxylation is 1. The van der Waals surface area contributed by atoms with Gasteiger partial charge in [-0.15, -0.1) is 0 Å². The first kappa shape index (κ1) is 25.3. The van der Waals surface area contributed by atoms with E-state index in [0.717, 1.165) is 35.2 Å². The molecule has 1 aromatic carbocycles. The Morgan fingerprint density at radius 3 is 2.54 bits per heavy atom. The van der Waals surface area contributed by atoms with Gasteiger partial charge in [-0.05, 0) is 61.2 Å². The van der Waals surface area contributed by atoms with E-state index in [1.807, 2.05) is 29.2 Å². The van der Waals surface area contributed by atoms with Crippen LogP contribution in [-0.2, 0) is 11.2 Å². The second-order valence-corrected chi connectivity index (χ2v) is 8.12. The molecule has 0 bridgehead atoms. The third-order valence-corrected chi connectivity index (χ3v) is 5.59. The van der Waals surface area contributed by atoms with Crippen LogP contribution in [0.3, 0.4) is 0 Å². The molecule has 35 heavy (non-hydrogen) atoms. The van der Waals surface area contributed by atoms with Crippen molar-refractivity contribution in [3.05, 3.63) is 71.7 Å². The molecule has 1 aliphatic rings. The van der Waals surface area contributed by atoms with E-state index in [0.29, 0.717) is 17.1 Å². The number of amides is 2. The van der Waals surface area contributed by atoms with Gasteiger partial charge < -0.3 is 21.1 Å². The van der Waals surface area contributed by atoms with Crippen molar-refractivity contribution in [1.29, 1.82) is 5.26 Å². The monoisotopic (exact) mass is 472 g/mol. The summed E-state index contributed by atoms with van der Waals surface area (Å²) < 4.78 is 0. The fourth-order valence-electron chi connectivity index (χ4n) is 3.84. The Bertz CT molecular complexity index is 1220. The van der Waals surface area contributed by atoms with Crippen LogP contribution in [0.4, 0.5) is 11.5 Å². The number of aliphatic hydroxyl groups is 1. The molecule has 2 aromatic heterocycles. The smallest absolute Gasteiger partial charge is 0.269 e. The third kappa shape index (κ3) is 6.40. The van der Waals surface area contributed by atoms with E-state index >= 15 is 0 Å². The van der Waals surface area contributed by atoms with Gasteiger partial charge in [0.1, 0.15) is 17.6 Å². The summed E-state index contributed by atoms with van der Waals surface area (Å²) >= 11 is 0. The van der Waals surface area contributed by atoms with Crippen LogP contribution in [0.15, 0.2) is 54.9 Å². The molecule has 0 aliphatic carbocycles. The van der Waals surface area contributed by atoms with Gasteiger partial charge >= 0.3 is 0 Å². The first-order chi connectivity index (χ1) is 16.8. The lowest BCUT2D eigenvalue weighted by molar-refractivity contribution is -0.117. The zero-order chi connectivity index (χ0) is 25.4. The quantitative estimate of drug-likeness (QED) is 0.529. The highest BCUT2D eigenvalue weighted by Crippen LogP contribution is 2.34. The number of hydrogen-bond donors (Lipinski definition) is 3. The lowest BCUT2D eigenvalue weighted by atomic mass is 9.93. The molecule has 0 spiro atoms. The largest absolute Gasteiger partial charge is 0.395 e. The number of carbonyl (C=O) groups excluding carboxylic acids is 2. The lowest BCUT2D eigenvalue weighted by Gasteiger charge is -2.34. The maximum absolute atomic E-state index is 12.0. The molecular formula is C26H28N6O3. The van der Waals surface area contributed by atoms with Crippen molar-refractivity contribution in [1.82, 2.24) is 15.3 Å². The van der Waals surface area contributed by atoms with Crippen molar-refractivity contribution in [2.24, 2.45) is 0 Å². The Labute approximate surface area is 204 Å². The Kier molecular flexibility index (Phi) is 8.48. The molecule has 1 atom stereocenters. The number of fused-ring (bicyclic) bond motifs is 1. The van der Waals surface area contributed by atoms with Crippen molar-refractivity contribution < 1.29 is 14.7 Å². The topological polar surface area (TPSA) is 145 Å². The molecule has 9 heteroatoms. The summed E-state index contributed by atoms with van der Waals surface area (Å²) in [5.41, 5.74) is 10.2. The number of carbonyl (C=O) groups is 2. The maximum atomic E-state index is 12.0. The van der Waals surface area contributed by atoms with Crippen LogP contribution < -0.4 is 16.0 Å². The molecule has 0 radical (unpaired) electrons. The number of pyridine rings is 2. The van der Waals surface area contributed by atoms with Crippen molar-refractivity contribution in [2.75, 3.05) is 23.8 Å². The van der Waals surface area contributed by atoms with Crippen LogP contribution >= 0.6 is 0 Å². The van der Waals surface area contributed by atoms with E-state index in [2.05, 4.69) is 28.3 Å². The number of nitrogens with one attached hydrogen (secondary N) is 1. The van der Waals surface area contributed by atoms with E-state index < -0.39 is 0 Å². The molecule has 180 valence electrons. The minimum absolute atomic E-state index is 0.0612. The second kappa shape index (κ2) is 11.7. The van der Waals surface area contributed by atoms with Gasteiger partial charge in [0.05, 0.1) is 12.2 Å². The molecule has 3 heterocycles. The van der Waals surface area contributed by atoms with Gasteiger partial charge in [0.2, 0.25) is 5.91 Å². The minimum Gasteiger partial charge on any atom is -0.395 e. The maximum Gasteiger partial charge on any atom is 0.269 e. The lowest BCUT2D eigenvalue weighted by Crippen LogP contribution is -2.40. The summed E-state index contributed by atoms with van der Waals surface area (Å²) in [5.74, 6) is 0.197. The van der Waals surface area contributed by atoms with Gasteiger partial charge in [-0.3, -0.25) is 14.6 Å². The highest BCUT2D eigenvalue weighted by Gasteiger charge is 2.26. The van der Waals surface area contributed by atoms with E-state index in [1.165, 1.54) is 6.20 Å². The average molecular weight is 473 g/mol. The summed E-state index contributed by atoms with van der Waals surface area (Å²) in [6, 6.07) is 15.0. The van der Waals surface area contributed by atoms with E-state index in [9.17, 15) is 9.59 Å². The highest BCUT2D eigenvalue weighted by molar-refractivity contribution is 5.94. The SMILES string of the molecule is CC(=O)N1c2ccc(-c3ccc(C(=O)NCCO)nc3)cc2CC[C@@H]1C.N#Cc1ccc(N)nc1. The van der Waals surface area contributed by atoms with E-state index in [-0.39, 0.29) is 31.0 Å². The van der Waals surface area contributed by atoms with Gasteiger partial charge in [-0.1, -0.05) is 12.1 Å². The van der Waals surface area contributed by atoms with E-state index in [1.54, 1.807) is 31.3 Å². The normalized spacial score (nSPS) is 14.1. The van der Waals surface area contributed by atoms with Crippen LogP contribution in [0.1, 0.15) is 41.9 Å². The summed E-state index contributed by atoms with van der Waals surface area (Å²) in [6.07, 6.45) is 4.99. The number of aliphatic hydroxyl groups excluding tert-OH is 1. The van der Waals surface area contributed by atoms with Gasteiger partial charge in [-0.2, -0.15) is 5.26 Å². The number of nitrogens with two attached hydrogens (primary N) is 1. The number of nitrogen functional groups attached to an aromatic ring is 1. The van der Waals surface area contributed by atoms with Gasteiger partial charge in [0, 0.05) is 43.2 Å². The fourth-order valence-corrected chi connectivity index (χ4v) is 3.84. The summed E-state index contributed by atoms with van der Waals surface area (Å²) in [7, 11) is 0. The van der Waals surface area contributed by atoms with Gasteiger partial charge in [-0.25, -0.2) is 4.98 Å². The molecule has 0 fully saturated rings. The average Bonchev–Trinajstić information content (AvgIpc) is 2.87. The highest BCUT2D eigenvalue weighted by atomic mass is 16.3. The van der Waals surface area contributed by atoms with Gasteiger partial charge in [0.15, 0.2) is 0 Å². The number of rotatable bonds is 4. The zero-order valence-corrected chi connectivity index (χ0v) is 19.7. The Morgan fingerprint density at radius 1 is 1.17 bits per heavy atom. The summed E-state index contributed by atoms with van der Waals surface area (Å²) in [5, 5.41) is 19.6. The predicted octanol–water partition coefficient (Wildman–Crippen LogP) is 2.69. The van der Waals surface area contributed by atoms with Crippen molar-refractivity contribution in [2.45, 2.75) is 32.7 Å². The van der Waals surface area contributed by atoms with Crippen molar-refractivity contribution in [3.8, 4) is 17.2 Å². The molecule has 0 saturated carbocycles. The van der Waals surface area contributed by atoms with Crippen LogP contribution in [0, 0.1) is 11.3 Å². The summed E-state index contributed by atoms with van der Waals surface area (Å²) in [4.78, 5) is 33.6. The molecule has 4 N–H and O–H groups in total. The van der Waals surface area contributed by atoms with Crippen LogP contribution in [0.25, 0.3) is 11.1 Å². The number of nitriles is 1. The third-order valence-electron chi connectivity index (χ3n) is 5.59. The zero-order valence-electron chi connectivity index (χ0n) is 19.7. The number of nitrogens with zero attached hydrogens (tertiary/aromatic N) is 4. The van der Waals surface area contributed by atoms with Crippen LogP contribution in [0.2, 0.25) is 0 Å². The first-order valence-electron chi connectivity index (χ1n) is 11.2. The molecule has 0 unspecified atom stereocenters. The molecule has 1 aliphatic heterocycles. The molecule has 9 nitrogen and oxygen atoms in total. The number of benzene rings is 1. The molecule has 4 rings (SSSR count). The van der Waals surface area contributed by atoms with Crippen LogP contribution in [-0.4, -0.2) is 46.1 Å². The standard InChI is InChI=1S/C20H23N3O3.C6H5N3/c1-13-3-4-16-11-15(6-8-19(16)23(13)14(2)25)17-5-7-18(22-12-17)20(26)21-9-10-24;7-3-5-1-2-6(8)9-4-5/h5-8,11-13,24H,3-4,9-10H2,1-2H3,(H,21,26);1-2,4H,(H2,8,9)/t13-;/m0./s1. The Hall–Kier alpha value is -4.29.